The molecule has 0 aliphatic carbocycles. The first-order valence-electron chi connectivity index (χ1n) is 6.43. The Morgan fingerprint density at radius 3 is 2.68 bits per heavy atom. The number of nitrogen functional groups attached to an aromatic ring is 1. The van der Waals surface area contributed by atoms with Crippen LogP contribution in [0.5, 0.6) is 0 Å². The minimum Gasteiger partial charge on any atom is -0.399 e. The molecule has 0 saturated carbocycles. The summed E-state index contributed by atoms with van der Waals surface area (Å²) < 4.78 is 0. The Bertz CT molecular complexity index is 602. The van der Waals surface area contributed by atoms with Crippen molar-refractivity contribution in [2.24, 2.45) is 4.99 Å². The van der Waals surface area contributed by atoms with Crippen molar-refractivity contribution in [1.29, 1.82) is 0 Å². The van der Waals surface area contributed by atoms with E-state index < -0.39 is 0 Å². The van der Waals surface area contributed by atoms with Crippen LogP contribution < -0.4 is 5.73 Å². The van der Waals surface area contributed by atoms with Crippen molar-refractivity contribution in [3.05, 3.63) is 65.2 Å². The Balaban J connectivity index is 1.74. The molecule has 0 unspecified atom stereocenters. The summed E-state index contributed by atoms with van der Waals surface area (Å²) in [5, 5.41) is 1.17. The molecule has 2 nitrogen and oxygen atoms in total. The Morgan fingerprint density at radius 2 is 1.84 bits per heavy atom. The lowest BCUT2D eigenvalue weighted by Gasteiger charge is -2.16. The summed E-state index contributed by atoms with van der Waals surface area (Å²) in [6.07, 6.45) is 1.06. The monoisotopic (exact) mass is 268 g/mol. The Labute approximate surface area is 117 Å². The highest BCUT2D eigenvalue weighted by molar-refractivity contribution is 8.13. The Kier molecular flexibility index (Phi) is 3.56. The third kappa shape index (κ3) is 2.82. The van der Waals surface area contributed by atoms with Crippen molar-refractivity contribution >= 4 is 22.5 Å². The fraction of sp³-hybridized carbons (Fsp3) is 0.188. The van der Waals surface area contributed by atoms with Gasteiger partial charge in [0, 0.05) is 23.5 Å². The van der Waals surface area contributed by atoms with Crippen LogP contribution >= 0.6 is 11.8 Å². The highest BCUT2D eigenvalue weighted by Gasteiger charge is 2.13. The topological polar surface area (TPSA) is 38.4 Å². The molecule has 1 aliphatic heterocycles. The van der Waals surface area contributed by atoms with Crippen LogP contribution in [-0.4, -0.2) is 11.6 Å². The molecule has 0 aromatic heterocycles. The summed E-state index contributed by atoms with van der Waals surface area (Å²) in [6, 6.07) is 16.6. The van der Waals surface area contributed by atoms with Gasteiger partial charge in [-0.1, -0.05) is 36.4 Å². The number of nitrogens with two attached hydrogens (primary N) is 1. The van der Waals surface area contributed by atoms with Crippen LogP contribution in [0.3, 0.4) is 0 Å². The van der Waals surface area contributed by atoms with Gasteiger partial charge in [-0.2, -0.15) is 0 Å². The van der Waals surface area contributed by atoms with Crippen molar-refractivity contribution < 1.29 is 0 Å². The molecule has 2 aromatic carbocycles. The number of rotatable bonds is 2. The second-order valence-corrected chi connectivity index (χ2v) is 5.59. The zero-order valence-corrected chi connectivity index (χ0v) is 11.5. The maximum Gasteiger partial charge on any atom is 0.0982 e. The molecule has 0 saturated heterocycles. The van der Waals surface area contributed by atoms with Gasteiger partial charge >= 0.3 is 0 Å². The van der Waals surface area contributed by atoms with E-state index in [1.54, 1.807) is 0 Å². The Hall–Kier alpha value is -1.74. The molecule has 96 valence electrons. The van der Waals surface area contributed by atoms with Gasteiger partial charge in [0.2, 0.25) is 0 Å². The number of nitrogens with zero attached hydrogens (tertiary/aromatic N) is 1. The third-order valence-corrected chi connectivity index (χ3v) is 4.34. The van der Waals surface area contributed by atoms with Gasteiger partial charge in [-0.3, -0.25) is 4.99 Å². The first kappa shape index (κ1) is 12.3. The highest BCUT2D eigenvalue weighted by Crippen LogP contribution is 2.25. The SMILES string of the molecule is Nc1ccc(CSC2=NCCc3ccccc32)cc1. The van der Waals surface area contributed by atoms with Crippen LogP contribution in [0, 0.1) is 0 Å². The number of hydrogen-bond donors (Lipinski definition) is 1. The molecule has 1 heterocycles. The van der Waals surface area contributed by atoms with E-state index in [2.05, 4.69) is 41.4 Å². The molecule has 2 N–H and O–H groups in total. The van der Waals surface area contributed by atoms with E-state index in [4.69, 9.17) is 5.73 Å². The molecular formula is C16H16N2S. The lowest BCUT2D eigenvalue weighted by atomic mass is 10.0. The molecule has 0 atom stereocenters. The normalized spacial score (nSPS) is 13.8. The first-order chi connectivity index (χ1) is 9.33. The second-order valence-electron chi connectivity index (χ2n) is 4.62. The van der Waals surface area contributed by atoms with Gasteiger partial charge in [0.25, 0.3) is 0 Å². The summed E-state index contributed by atoms with van der Waals surface area (Å²) >= 11 is 1.81. The summed E-state index contributed by atoms with van der Waals surface area (Å²) in [5.41, 5.74) is 10.5. The van der Waals surface area contributed by atoms with E-state index in [0.29, 0.717) is 0 Å². The van der Waals surface area contributed by atoms with E-state index in [1.807, 2.05) is 23.9 Å². The lowest BCUT2D eigenvalue weighted by molar-refractivity contribution is 0.950. The van der Waals surface area contributed by atoms with E-state index >= 15 is 0 Å². The number of hydrogen-bond acceptors (Lipinski definition) is 3. The molecule has 0 bridgehead atoms. The van der Waals surface area contributed by atoms with E-state index in [9.17, 15) is 0 Å². The van der Waals surface area contributed by atoms with E-state index in [0.717, 1.165) is 24.4 Å². The zero-order chi connectivity index (χ0) is 13.1. The van der Waals surface area contributed by atoms with Gasteiger partial charge in [0.1, 0.15) is 0 Å². The third-order valence-electron chi connectivity index (χ3n) is 3.24. The molecule has 3 heteroatoms. The van der Waals surface area contributed by atoms with Crippen LogP contribution in [0.15, 0.2) is 53.5 Å². The van der Waals surface area contributed by atoms with Gasteiger partial charge in [0.15, 0.2) is 0 Å². The predicted molar refractivity (Wildman–Crippen MR) is 83.7 cm³/mol. The summed E-state index contributed by atoms with van der Waals surface area (Å²) in [5.74, 6) is 0.938. The molecule has 0 spiro atoms. The van der Waals surface area contributed by atoms with Crippen molar-refractivity contribution in [2.45, 2.75) is 12.2 Å². The van der Waals surface area contributed by atoms with Crippen LogP contribution in [0.4, 0.5) is 5.69 Å². The largest absolute Gasteiger partial charge is 0.399 e. The van der Waals surface area contributed by atoms with Crippen molar-refractivity contribution in [1.82, 2.24) is 0 Å². The molecule has 0 fully saturated rings. The fourth-order valence-corrected chi connectivity index (χ4v) is 3.23. The Morgan fingerprint density at radius 1 is 1.05 bits per heavy atom. The first-order valence-corrected chi connectivity index (χ1v) is 7.41. The average molecular weight is 268 g/mol. The summed E-state index contributed by atoms with van der Waals surface area (Å²) in [6.45, 7) is 0.904. The summed E-state index contributed by atoms with van der Waals surface area (Å²) in [7, 11) is 0. The van der Waals surface area contributed by atoms with Gasteiger partial charge < -0.3 is 5.73 Å². The molecule has 19 heavy (non-hydrogen) atoms. The number of thioether (sulfide) groups is 1. The second kappa shape index (κ2) is 5.49. The maximum absolute atomic E-state index is 5.70. The van der Waals surface area contributed by atoms with Gasteiger partial charge in [0.05, 0.1) is 5.04 Å². The van der Waals surface area contributed by atoms with E-state index in [1.165, 1.54) is 21.7 Å². The van der Waals surface area contributed by atoms with Crippen molar-refractivity contribution in [3.8, 4) is 0 Å². The lowest BCUT2D eigenvalue weighted by Crippen LogP contribution is -2.09. The van der Waals surface area contributed by atoms with Crippen LogP contribution in [0.1, 0.15) is 16.7 Å². The minimum absolute atomic E-state index is 0.814. The van der Waals surface area contributed by atoms with E-state index in [-0.39, 0.29) is 0 Å². The smallest absolute Gasteiger partial charge is 0.0982 e. The molecule has 3 rings (SSSR count). The fourth-order valence-electron chi connectivity index (χ4n) is 2.20. The predicted octanol–water partition coefficient (Wildman–Crippen LogP) is 3.50. The van der Waals surface area contributed by atoms with Crippen molar-refractivity contribution in [2.75, 3.05) is 12.3 Å². The number of anilines is 1. The summed E-state index contributed by atoms with van der Waals surface area (Å²) in [4.78, 5) is 4.66. The number of aliphatic imine (C=N–C) groups is 1. The van der Waals surface area contributed by atoms with Crippen molar-refractivity contribution in [3.63, 3.8) is 0 Å². The van der Waals surface area contributed by atoms with Gasteiger partial charge in [-0.25, -0.2) is 0 Å². The quantitative estimate of drug-likeness (QED) is 0.846. The number of benzene rings is 2. The molecule has 1 aliphatic rings. The van der Waals surface area contributed by atoms with Crippen LogP contribution in [0.25, 0.3) is 0 Å². The molecule has 0 amide bonds. The standard InChI is InChI=1S/C16H16N2S/c17-14-7-5-12(6-8-14)11-19-16-15-4-2-1-3-13(15)9-10-18-16/h1-8H,9-11,17H2. The van der Waals surface area contributed by atoms with Gasteiger partial charge in [-0.05, 0) is 29.7 Å². The maximum atomic E-state index is 5.70. The van der Waals surface area contributed by atoms with Crippen LogP contribution in [0.2, 0.25) is 0 Å². The van der Waals surface area contributed by atoms with Crippen LogP contribution in [-0.2, 0) is 12.2 Å². The highest BCUT2D eigenvalue weighted by atomic mass is 32.2. The minimum atomic E-state index is 0.814. The molecule has 0 radical (unpaired) electrons. The average Bonchev–Trinajstić information content (AvgIpc) is 2.47. The molecular weight excluding hydrogens is 252 g/mol. The number of fused-ring (bicyclic) bond motifs is 1. The zero-order valence-electron chi connectivity index (χ0n) is 10.7. The molecule has 2 aromatic rings. The van der Waals surface area contributed by atoms with Gasteiger partial charge in [-0.15, -0.1) is 11.8 Å².